The van der Waals surface area contributed by atoms with Gasteiger partial charge >= 0.3 is 6.03 Å². The number of hydrogen-bond acceptors (Lipinski definition) is 2. The Morgan fingerprint density at radius 1 is 1.37 bits per heavy atom. The zero-order valence-electron chi connectivity index (χ0n) is 11.3. The van der Waals surface area contributed by atoms with Gasteiger partial charge in [0.2, 0.25) is 0 Å². The van der Waals surface area contributed by atoms with Crippen LogP contribution in [-0.2, 0) is 4.74 Å². The SMILES string of the molecule is CC(c1ccccc1Cl)N(C)C(=O)N1CCOCC1. The van der Waals surface area contributed by atoms with E-state index in [2.05, 4.69) is 0 Å². The van der Waals surface area contributed by atoms with Crippen LogP contribution in [-0.4, -0.2) is 49.2 Å². The molecule has 19 heavy (non-hydrogen) atoms. The van der Waals surface area contributed by atoms with Crippen LogP contribution >= 0.6 is 11.6 Å². The maximum absolute atomic E-state index is 12.4. The summed E-state index contributed by atoms with van der Waals surface area (Å²) in [4.78, 5) is 15.9. The van der Waals surface area contributed by atoms with Gasteiger partial charge < -0.3 is 14.5 Å². The number of carbonyl (C=O) groups is 1. The van der Waals surface area contributed by atoms with Crippen LogP contribution < -0.4 is 0 Å². The van der Waals surface area contributed by atoms with Crippen molar-refractivity contribution in [2.45, 2.75) is 13.0 Å². The Kier molecular flexibility index (Phi) is 4.66. The highest BCUT2D eigenvalue weighted by Crippen LogP contribution is 2.26. The van der Waals surface area contributed by atoms with E-state index in [9.17, 15) is 4.79 Å². The zero-order valence-corrected chi connectivity index (χ0v) is 12.1. The highest BCUT2D eigenvalue weighted by atomic mass is 35.5. The quantitative estimate of drug-likeness (QED) is 0.836. The second kappa shape index (κ2) is 6.26. The Bertz CT molecular complexity index is 447. The third-order valence-electron chi connectivity index (χ3n) is 3.52. The van der Waals surface area contributed by atoms with Crippen LogP contribution in [0.2, 0.25) is 5.02 Å². The molecule has 5 heteroatoms. The van der Waals surface area contributed by atoms with Crippen molar-refractivity contribution in [1.82, 2.24) is 9.80 Å². The van der Waals surface area contributed by atoms with E-state index in [0.717, 1.165) is 5.56 Å². The van der Waals surface area contributed by atoms with Gasteiger partial charge in [0, 0.05) is 25.2 Å². The number of morpholine rings is 1. The number of rotatable bonds is 2. The van der Waals surface area contributed by atoms with Gasteiger partial charge in [-0.25, -0.2) is 4.79 Å². The second-order valence-corrected chi connectivity index (χ2v) is 5.10. The highest BCUT2D eigenvalue weighted by molar-refractivity contribution is 6.31. The van der Waals surface area contributed by atoms with Crippen LogP contribution in [0.25, 0.3) is 0 Å². The Balaban J connectivity index is 2.08. The van der Waals surface area contributed by atoms with Gasteiger partial charge in [0.05, 0.1) is 19.3 Å². The van der Waals surface area contributed by atoms with Gasteiger partial charge in [0.15, 0.2) is 0 Å². The molecule has 0 aliphatic carbocycles. The van der Waals surface area contributed by atoms with Crippen LogP contribution in [0.5, 0.6) is 0 Å². The van der Waals surface area contributed by atoms with Crippen molar-refractivity contribution < 1.29 is 9.53 Å². The van der Waals surface area contributed by atoms with E-state index in [0.29, 0.717) is 31.3 Å². The fourth-order valence-corrected chi connectivity index (χ4v) is 2.46. The monoisotopic (exact) mass is 282 g/mol. The fourth-order valence-electron chi connectivity index (χ4n) is 2.17. The number of hydrogen-bond donors (Lipinski definition) is 0. The number of amides is 2. The van der Waals surface area contributed by atoms with E-state index < -0.39 is 0 Å². The second-order valence-electron chi connectivity index (χ2n) is 4.69. The van der Waals surface area contributed by atoms with Crippen LogP contribution in [0.3, 0.4) is 0 Å². The molecule has 0 spiro atoms. The molecular weight excluding hydrogens is 264 g/mol. The van der Waals surface area contributed by atoms with Gasteiger partial charge in [-0.05, 0) is 18.6 Å². The minimum Gasteiger partial charge on any atom is -0.378 e. The molecule has 0 saturated carbocycles. The summed E-state index contributed by atoms with van der Waals surface area (Å²) in [5.41, 5.74) is 0.966. The molecule has 0 bridgehead atoms. The van der Waals surface area contributed by atoms with Crippen molar-refractivity contribution in [3.63, 3.8) is 0 Å². The smallest absolute Gasteiger partial charge is 0.320 e. The Labute approximate surface area is 118 Å². The predicted octanol–water partition coefficient (Wildman–Crippen LogP) is 2.79. The molecule has 4 nitrogen and oxygen atoms in total. The summed E-state index contributed by atoms with van der Waals surface area (Å²) in [5.74, 6) is 0. The van der Waals surface area contributed by atoms with Gasteiger partial charge in [-0.1, -0.05) is 29.8 Å². The van der Waals surface area contributed by atoms with Gasteiger partial charge in [-0.2, -0.15) is 0 Å². The molecule has 0 aromatic heterocycles. The number of nitrogens with zero attached hydrogens (tertiary/aromatic N) is 2. The van der Waals surface area contributed by atoms with E-state index in [-0.39, 0.29) is 12.1 Å². The summed E-state index contributed by atoms with van der Waals surface area (Å²) in [6, 6.07) is 7.60. The molecule has 1 saturated heterocycles. The molecule has 1 atom stereocenters. The molecule has 2 amide bonds. The summed E-state index contributed by atoms with van der Waals surface area (Å²) in [6.07, 6.45) is 0. The Morgan fingerprint density at radius 3 is 2.63 bits per heavy atom. The number of carbonyl (C=O) groups excluding carboxylic acids is 1. The normalized spacial score (nSPS) is 17.1. The molecule has 0 N–H and O–H groups in total. The first-order chi connectivity index (χ1) is 9.11. The molecular formula is C14H19ClN2O2. The number of ether oxygens (including phenoxy) is 1. The lowest BCUT2D eigenvalue weighted by molar-refractivity contribution is 0.0426. The maximum Gasteiger partial charge on any atom is 0.320 e. The van der Waals surface area contributed by atoms with E-state index in [1.807, 2.05) is 43.1 Å². The molecule has 1 unspecified atom stereocenters. The standard InChI is InChI=1S/C14H19ClN2O2/c1-11(12-5-3-4-6-13(12)15)16(2)14(18)17-7-9-19-10-8-17/h3-6,11H,7-10H2,1-2H3. The number of benzene rings is 1. The topological polar surface area (TPSA) is 32.8 Å². The van der Waals surface area contributed by atoms with Crippen LogP contribution in [0.1, 0.15) is 18.5 Å². The van der Waals surface area contributed by atoms with E-state index >= 15 is 0 Å². The van der Waals surface area contributed by atoms with E-state index in [4.69, 9.17) is 16.3 Å². The van der Waals surface area contributed by atoms with Crippen molar-refractivity contribution in [3.05, 3.63) is 34.9 Å². The van der Waals surface area contributed by atoms with Crippen molar-refractivity contribution in [3.8, 4) is 0 Å². The molecule has 1 aliphatic rings. The Hall–Kier alpha value is -1.26. The molecule has 2 rings (SSSR count). The Morgan fingerprint density at radius 2 is 2.00 bits per heavy atom. The average molecular weight is 283 g/mol. The lowest BCUT2D eigenvalue weighted by Crippen LogP contribution is -2.47. The van der Waals surface area contributed by atoms with Gasteiger partial charge in [0.25, 0.3) is 0 Å². The fraction of sp³-hybridized carbons (Fsp3) is 0.500. The number of halogens is 1. The van der Waals surface area contributed by atoms with E-state index in [1.54, 1.807) is 4.90 Å². The van der Waals surface area contributed by atoms with Crippen LogP contribution in [0.4, 0.5) is 4.79 Å². The number of urea groups is 1. The summed E-state index contributed by atoms with van der Waals surface area (Å²) in [7, 11) is 1.81. The molecule has 1 heterocycles. The lowest BCUT2D eigenvalue weighted by Gasteiger charge is -2.34. The highest BCUT2D eigenvalue weighted by Gasteiger charge is 2.25. The molecule has 104 valence electrons. The lowest BCUT2D eigenvalue weighted by atomic mass is 10.1. The summed E-state index contributed by atoms with van der Waals surface area (Å²) in [5, 5.41) is 0.691. The van der Waals surface area contributed by atoms with Crippen LogP contribution in [0.15, 0.2) is 24.3 Å². The minimum absolute atomic E-state index is 0.0238. The minimum atomic E-state index is -0.0518. The summed E-state index contributed by atoms with van der Waals surface area (Å²) in [6.45, 7) is 4.51. The summed E-state index contributed by atoms with van der Waals surface area (Å²) >= 11 is 6.18. The van der Waals surface area contributed by atoms with Gasteiger partial charge in [0.1, 0.15) is 0 Å². The molecule has 0 radical (unpaired) electrons. The van der Waals surface area contributed by atoms with Crippen molar-refractivity contribution in [2.75, 3.05) is 33.4 Å². The van der Waals surface area contributed by atoms with Crippen molar-refractivity contribution in [2.24, 2.45) is 0 Å². The largest absolute Gasteiger partial charge is 0.378 e. The first-order valence-corrected chi connectivity index (χ1v) is 6.83. The van der Waals surface area contributed by atoms with E-state index in [1.165, 1.54) is 0 Å². The molecule has 1 fully saturated rings. The first-order valence-electron chi connectivity index (χ1n) is 6.45. The van der Waals surface area contributed by atoms with Crippen molar-refractivity contribution in [1.29, 1.82) is 0 Å². The average Bonchev–Trinajstić information content (AvgIpc) is 2.46. The maximum atomic E-state index is 12.4. The van der Waals surface area contributed by atoms with Crippen LogP contribution in [0, 0.1) is 0 Å². The third kappa shape index (κ3) is 3.19. The van der Waals surface area contributed by atoms with Gasteiger partial charge in [-0.3, -0.25) is 0 Å². The zero-order chi connectivity index (χ0) is 13.8. The van der Waals surface area contributed by atoms with Crippen molar-refractivity contribution >= 4 is 17.6 Å². The molecule has 1 aromatic rings. The third-order valence-corrected chi connectivity index (χ3v) is 3.86. The molecule has 1 aliphatic heterocycles. The van der Waals surface area contributed by atoms with Gasteiger partial charge in [-0.15, -0.1) is 0 Å². The first kappa shape index (κ1) is 14.2. The summed E-state index contributed by atoms with van der Waals surface area (Å²) < 4.78 is 5.26. The predicted molar refractivity (Wildman–Crippen MR) is 75.4 cm³/mol. The molecule has 1 aromatic carbocycles.